The van der Waals surface area contributed by atoms with Crippen LogP contribution in [0.5, 0.6) is 0 Å². The van der Waals surface area contributed by atoms with Crippen LogP contribution < -0.4 is 5.56 Å². The van der Waals surface area contributed by atoms with Crippen LogP contribution in [-0.4, -0.2) is 42.4 Å². The van der Waals surface area contributed by atoms with Crippen molar-refractivity contribution >= 4 is 11.3 Å². The Morgan fingerprint density at radius 2 is 2.07 bits per heavy atom. The van der Waals surface area contributed by atoms with Crippen molar-refractivity contribution in [3.63, 3.8) is 0 Å². The van der Waals surface area contributed by atoms with Crippen LogP contribution in [0.3, 0.4) is 0 Å². The molecule has 0 aromatic carbocycles. The summed E-state index contributed by atoms with van der Waals surface area (Å²) in [7, 11) is 0. The Kier molecular flexibility index (Phi) is 4.74. The molecule has 144 valence electrons. The van der Waals surface area contributed by atoms with Gasteiger partial charge in [0.25, 0.3) is 5.56 Å². The minimum Gasteiger partial charge on any atom is -0.292 e. The third-order valence-electron chi connectivity index (χ3n) is 5.45. The lowest BCUT2D eigenvalue weighted by atomic mass is 10.2. The Bertz CT molecular complexity index is 1010. The second kappa shape index (κ2) is 7.52. The summed E-state index contributed by atoms with van der Waals surface area (Å²) >= 11 is 1.75. The van der Waals surface area contributed by atoms with Crippen LogP contribution in [0.1, 0.15) is 41.6 Å². The molecule has 1 saturated carbocycles. The van der Waals surface area contributed by atoms with Gasteiger partial charge in [0.2, 0.25) is 0 Å². The maximum atomic E-state index is 12.4. The molecule has 1 aliphatic heterocycles. The Morgan fingerprint density at radius 3 is 2.89 bits per heavy atom. The van der Waals surface area contributed by atoms with Gasteiger partial charge in [0.1, 0.15) is 10.0 Å². The van der Waals surface area contributed by atoms with E-state index in [1.165, 1.54) is 17.8 Å². The first-order valence-electron chi connectivity index (χ1n) is 9.81. The smallest absolute Gasteiger partial charge is 0.266 e. The molecular weight excluding hydrogens is 372 g/mol. The number of nitrogens with zero attached hydrogens (tertiary/aromatic N) is 6. The van der Waals surface area contributed by atoms with Crippen molar-refractivity contribution in [2.75, 3.05) is 6.54 Å². The molecule has 0 N–H and O–H groups in total. The quantitative estimate of drug-likeness (QED) is 0.640. The van der Waals surface area contributed by atoms with Crippen LogP contribution in [0.4, 0.5) is 0 Å². The van der Waals surface area contributed by atoms with E-state index in [9.17, 15) is 4.79 Å². The third-order valence-corrected chi connectivity index (χ3v) is 6.52. The Morgan fingerprint density at radius 1 is 1.14 bits per heavy atom. The standard InChI is InChI=1S/C20H22N6OS/c27-19-8-7-17(15-3-1-9-21-11-15)24-26(19)12-16-4-2-10-25(16)13-18-22-23-20(28-18)14-5-6-14/h1,3,7-9,11,14,16H,2,4-6,10,12-13H2. The number of likely N-dealkylation sites (tertiary alicyclic amines) is 1. The molecule has 3 aromatic heterocycles. The molecule has 5 rings (SSSR count). The molecule has 0 radical (unpaired) electrons. The predicted molar refractivity (Wildman–Crippen MR) is 107 cm³/mol. The normalized spacial score (nSPS) is 19.9. The van der Waals surface area contributed by atoms with Crippen LogP contribution in [0.25, 0.3) is 11.3 Å². The lowest BCUT2D eigenvalue weighted by Crippen LogP contribution is -2.36. The largest absolute Gasteiger partial charge is 0.292 e. The highest BCUT2D eigenvalue weighted by Gasteiger charge is 2.30. The summed E-state index contributed by atoms with van der Waals surface area (Å²) in [5.74, 6) is 0.651. The number of pyridine rings is 1. The van der Waals surface area contributed by atoms with Crippen LogP contribution in [0.2, 0.25) is 0 Å². The number of rotatable bonds is 6. The molecule has 1 unspecified atom stereocenters. The SMILES string of the molecule is O=c1ccc(-c2cccnc2)nn1CC1CCCN1Cc1nnc(C2CC2)s1. The van der Waals surface area contributed by atoms with Crippen LogP contribution >= 0.6 is 11.3 Å². The fourth-order valence-corrected chi connectivity index (χ4v) is 4.79. The minimum absolute atomic E-state index is 0.0635. The van der Waals surface area contributed by atoms with Gasteiger partial charge in [0.05, 0.1) is 18.8 Å². The van der Waals surface area contributed by atoms with Crippen molar-refractivity contribution < 1.29 is 0 Å². The van der Waals surface area contributed by atoms with Crippen molar-refractivity contribution in [2.45, 2.75) is 50.7 Å². The highest BCUT2D eigenvalue weighted by molar-refractivity contribution is 7.11. The highest BCUT2D eigenvalue weighted by Crippen LogP contribution is 2.41. The topological polar surface area (TPSA) is 76.8 Å². The van der Waals surface area contributed by atoms with E-state index < -0.39 is 0 Å². The van der Waals surface area contributed by atoms with E-state index in [1.807, 2.05) is 12.1 Å². The first-order chi connectivity index (χ1) is 13.8. The molecule has 0 amide bonds. The van der Waals surface area contributed by atoms with E-state index in [1.54, 1.807) is 40.5 Å². The van der Waals surface area contributed by atoms with Crippen LogP contribution in [0, 0.1) is 0 Å². The van der Waals surface area contributed by atoms with E-state index in [-0.39, 0.29) is 5.56 Å². The van der Waals surface area contributed by atoms with Gasteiger partial charge in [-0.1, -0.05) is 11.3 Å². The number of aromatic nitrogens is 5. The molecule has 0 bridgehead atoms. The summed E-state index contributed by atoms with van der Waals surface area (Å²) < 4.78 is 1.60. The molecule has 0 spiro atoms. The van der Waals surface area contributed by atoms with Crippen LogP contribution in [-0.2, 0) is 13.1 Å². The Labute approximate surface area is 167 Å². The fraction of sp³-hybridized carbons (Fsp3) is 0.450. The summed E-state index contributed by atoms with van der Waals surface area (Å²) in [4.78, 5) is 19.0. The van der Waals surface area contributed by atoms with Crippen molar-refractivity contribution in [2.24, 2.45) is 0 Å². The number of hydrogen-bond acceptors (Lipinski definition) is 7. The van der Waals surface area contributed by atoms with Crippen LogP contribution in [0.15, 0.2) is 41.5 Å². The monoisotopic (exact) mass is 394 g/mol. The molecule has 2 fully saturated rings. The van der Waals surface area contributed by atoms with Gasteiger partial charge in [-0.2, -0.15) is 5.10 Å². The van der Waals surface area contributed by atoms with Gasteiger partial charge in [-0.3, -0.25) is 14.7 Å². The molecule has 1 saturated heterocycles. The van der Waals surface area contributed by atoms with Gasteiger partial charge in [-0.15, -0.1) is 10.2 Å². The molecule has 3 aromatic rings. The molecule has 1 atom stereocenters. The van der Waals surface area contributed by atoms with Crippen molar-refractivity contribution in [3.05, 3.63) is 57.0 Å². The fourth-order valence-electron chi connectivity index (χ4n) is 3.76. The first kappa shape index (κ1) is 17.6. The molecule has 2 aliphatic rings. The van der Waals surface area contributed by atoms with Gasteiger partial charge in [-0.05, 0) is 50.4 Å². The zero-order chi connectivity index (χ0) is 18.9. The minimum atomic E-state index is -0.0635. The zero-order valence-corrected chi connectivity index (χ0v) is 16.4. The van der Waals surface area contributed by atoms with E-state index in [0.717, 1.165) is 42.2 Å². The highest BCUT2D eigenvalue weighted by atomic mass is 32.1. The lowest BCUT2D eigenvalue weighted by molar-refractivity contribution is 0.216. The van der Waals surface area contributed by atoms with E-state index in [2.05, 4.69) is 25.2 Å². The summed E-state index contributed by atoms with van der Waals surface area (Å²) in [5, 5.41) is 15.6. The maximum absolute atomic E-state index is 12.4. The molecule has 7 nitrogen and oxygen atoms in total. The van der Waals surface area contributed by atoms with Crippen molar-refractivity contribution in [1.29, 1.82) is 0 Å². The van der Waals surface area contributed by atoms with E-state index in [0.29, 0.717) is 18.5 Å². The van der Waals surface area contributed by atoms with Gasteiger partial charge in [0.15, 0.2) is 0 Å². The van der Waals surface area contributed by atoms with Gasteiger partial charge < -0.3 is 0 Å². The third kappa shape index (κ3) is 3.74. The molecular formula is C20H22N6OS. The van der Waals surface area contributed by atoms with E-state index >= 15 is 0 Å². The zero-order valence-electron chi connectivity index (χ0n) is 15.6. The molecule has 8 heteroatoms. The summed E-state index contributed by atoms with van der Waals surface area (Å²) in [5.41, 5.74) is 1.63. The van der Waals surface area contributed by atoms with Gasteiger partial charge >= 0.3 is 0 Å². The van der Waals surface area contributed by atoms with Gasteiger partial charge in [-0.25, -0.2) is 4.68 Å². The van der Waals surface area contributed by atoms with E-state index in [4.69, 9.17) is 0 Å². The van der Waals surface area contributed by atoms with Gasteiger partial charge in [0, 0.05) is 36.0 Å². The Balaban J connectivity index is 1.32. The molecule has 4 heterocycles. The average molecular weight is 395 g/mol. The van der Waals surface area contributed by atoms with Crippen molar-refractivity contribution in [3.8, 4) is 11.3 Å². The van der Waals surface area contributed by atoms with Crippen molar-refractivity contribution in [1.82, 2.24) is 29.9 Å². The summed E-state index contributed by atoms with van der Waals surface area (Å²) in [6.07, 6.45) is 8.21. The molecule has 28 heavy (non-hydrogen) atoms. The summed E-state index contributed by atoms with van der Waals surface area (Å²) in [6.45, 7) is 2.44. The lowest BCUT2D eigenvalue weighted by Gasteiger charge is -2.23. The predicted octanol–water partition coefficient (Wildman–Crippen LogP) is 2.70. The summed E-state index contributed by atoms with van der Waals surface area (Å²) in [6, 6.07) is 7.49. The second-order valence-corrected chi connectivity index (χ2v) is 8.65. The average Bonchev–Trinajstić information content (AvgIpc) is 3.32. The Hall–Kier alpha value is -2.45. The second-order valence-electron chi connectivity index (χ2n) is 7.56. The first-order valence-corrected chi connectivity index (χ1v) is 10.6. The maximum Gasteiger partial charge on any atom is 0.266 e. The molecule has 1 aliphatic carbocycles. The number of hydrogen-bond donors (Lipinski definition) is 0.